The predicted molar refractivity (Wildman–Crippen MR) is 177 cm³/mol. The van der Waals surface area contributed by atoms with Gasteiger partial charge in [-0.15, -0.1) is 12.4 Å². The Labute approximate surface area is 276 Å². The summed E-state index contributed by atoms with van der Waals surface area (Å²) in [5.74, 6) is 0.128. The van der Waals surface area contributed by atoms with Gasteiger partial charge < -0.3 is 15.1 Å². The topological polar surface area (TPSA) is 86.8 Å². The van der Waals surface area contributed by atoms with E-state index in [9.17, 15) is 18.0 Å². The van der Waals surface area contributed by atoms with Crippen molar-refractivity contribution in [3.8, 4) is 0 Å². The van der Waals surface area contributed by atoms with Gasteiger partial charge in [0.25, 0.3) is 0 Å². The minimum absolute atomic E-state index is 0. The molecule has 2 aliphatic rings. The number of hydrogen-bond acceptors (Lipinski definition) is 5. The van der Waals surface area contributed by atoms with E-state index in [2.05, 4.69) is 10.2 Å². The number of hydrogen-bond donors (Lipinski definition) is 1. The number of amides is 2. The average Bonchev–Trinajstić information content (AvgIpc) is 3.28. The Hall–Kier alpha value is -2.62. The van der Waals surface area contributed by atoms with Gasteiger partial charge in [0.15, 0.2) is 9.84 Å². The second kappa shape index (κ2) is 14.6. The summed E-state index contributed by atoms with van der Waals surface area (Å²) < 4.78 is 23.5. The molecule has 0 bridgehead atoms. The number of sulfone groups is 1. The molecule has 2 aliphatic heterocycles. The second-order valence-corrected chi connectivity index (χ2v) is 14.6. The summed E-state index contributed by atoms with van der Waals surface area (Å²) in [7, 11) is -3.25. The molecule has 1 atom stereocenters. The third kappa shape index (κ3) is 8.34. The molecule has 11 heteroatoms. The normalized spacial score (nSPS) is 17.3. The van der Waals surface area contributed by atoms with Gasteiger partial charge in [0.05, 0.1) is 32.8 Å². The van der Waals surface area contributed by atoms with Crippen LogP contribution < -0.4 is 5.32 Å². The van der Waals surface area contributed by atoms with Crippen molar-refractivity contribution in [2.45, 2.75) is 49.6 Å². The van der Waals surface area contributed by atoms with Crippen LogP contribution in [0.3, 0.4) is 0 Å². The molecule has 1 spiro atoms. The van der Waals surface area contributed by atoms with Crippen molar-refractivity contribution in [1.29, 1.82) is 0 Å². The molecule has 5 rings (SSSR count). The predicted octanol–water partition coefficient (Wildman–Crippen LogP) is 6.12. The Bertz CT molecular complexity index is 1560. The third-order valence-corrected chi connectivity index (χ3v) is 10.6. The number of piperidine rings is 1. The van der Waals surface area contributed by atoms with Crippen LogP contribution in [0.4, 0.5) is 0 Å². The van der Waals surface area contributed by atoms with E-state index < -0.39 is 9.84 Å². The lowest BCUT2D eigenvalue weighted by Crippen LogP contribution is -2.45. The number of nitrogens with one attached hydrogen (secondary N) is 1. The molecule has 2 saturated heterocycles. The molecular formula is C33H38Cl3N3O4S. The van der Waals surface area contributed by atoms with E-state index in [0.29, 0.717) is 23.1 Å². The molecular weight excluding hydrogens is 641 g/mol. The van der Waals surface area contributed by atoms with Crippen molar-refractivity contribution in [3.05, 3.63) is 99.5 Å². The van der Waals surface area contributed by atoms with Gasteiger partial charge in [0.2, 0.25) is 11.8 Å². The Morgan fingerprint density at radius 3 is 2.18 bits per heavy atom. The van der Waals surface area contributed by atoms with Crippen LogP contribution in [-0.4, -0.2) is 62.5 Å². The van der Waals surface area contributed by atoms with Crippen LogP contribution in [0, 0.1) is 5.41 Å². The van der Waals surface area contributed by atoms with Crippen LogP contribution >= 0.6 is 35.6 Å². The minimum Gasteiger partial charge on any atom is -0.349 e. The van der Waals surface area contributed by atoms with Crippen LogP contribution in [-0.2, 0) is 32.4 Å². The summed E-state index contributed by atoms with van der Waals surface area (Å²) >= 11 is 12.2. The Morgan fingerprint density at radius 1 is 0.909 bits per heavy atom. The number of likely N-dealkylation sites (tertiary alicyclic amines) is 2. The maximum atomic E-state index is 13.5. The molecule has 3 aromatic rings. The molecule has 7 nitrogen and oxygen atoms in total. The SMILES string of the molecule is CS(=O)(=O)c1ccc(CN2CCC3(CCN(CCC(NC(=O)Cc4ccc(Cl)c(Cl)c4)c4ccccc4)CC3)C2=O)cc1.Cl. The van der Waals surface area contributed by atoms with E-state index in [1.54, 1.807) is 36.4 Å². The quantitative estimate of drug-likeness (QED) is 0.279. The fraction of sp³-hybridized carbons (Fsp3) is 0.394. The molecule has 44 heavy (non-hydrogen) atoms. The van der Waals surface area contributed by atoms with Crippen LogP contribution in [0.25, 0.3) is 0 Å². The van der Waals surface area contributed by atoms with E-state index in [1.165, 1.54) is 6.26 Å². The highest BCUT2D eigenvalue weighted by Crippen LogP contribution is 2.42. The summed E-state index contributed by atoms with van der Waals surface area (Å²) in [6, 6.07) is 21.9. The average molecular weight is 679 g/mol. The highest BCUT2D eigenvalue weighted by molar-refractivity contribution is 7.90. The lowest BCUT2D eigenvalue weighted by molar-refractivity contribution is -0.139. The molecule has 2 amide bonds. The lowest BCUT2D eigenvalue weighted by Gasteiger charge is -2.38. The number of nitrogens with zero attached hydrogens (tertiary/aromatic N) is 2. The third-order valence-electron chi connectivity index (χ3n) is 8.76. The van der Waals surface area contributed by atoms with E-state index >= 15 is 0 Å². The molecule has 2 heterocycles. The van der Waals surface area contributed by atoms with E-state index in [1.807, 2.05) is 41.3 Å². The zero-order valence-electron chi connectivity index (χ0n) is 24.7. The first-order valence-corrected chi connectivity index (χ1v) is 17.3. The minimum atomic E-state index is -3.25. The van der Waals surface area contributed by atoms with Crippen molar-refractivity contribution in [2.75, 3.05) is 32.4 Å². The van der Waals surface area contributed by atoms with Gasteiger partial charge in [0.1, 0.15) is 0 Å². The largest absolute Gasteiger partial charge is 0.349 e. The van der Waals surface area contributed by atoms with Crippen molar-refractivity contribution >= 4 is 57.3 Å². The first kappa shape index (κ1) is 34.3. The van der Waals surface area contributed by atoms with Gasteiger partial charge in [-0.2, -0.15) is 0 Å². The molecule has 0 saturated carbocycles. The first-order valence-electron chi connectivity index (χ1n) is 14.6. The second-order valence-electron chi connectivity index (χ2n) is 11.8. The van der Waals surface area contributed by atoms with Gasteiger partial charge in [0, 0.05) is 25.9 Å². The summed E-state index contributed by atoms with van der Waals surface area (Å²) in [6.07, 6.45) is 4.64. The molecule has 1 unspecified atom stereocenters. The van der Waals surface area contributed by atoms with Gasteiger partial charge in [-0.3, -0.25) is 9.59 Å². The number of carbonyl (C=O) groups excluding carboxylic acids is 2. The van der Waals surface area contributed by atoms with Crippen LogP contribution in [0.15, 0.2) is 77.7 Å². The van der Waals surface area contributed by atoms with Gasteiger partial charge in [-0.05, 0) is 79.7 Å². The number of benzene rings is 3. The number of carbonyl (C=O) groups is 2. The molecule has 0 aromatic heterocycles. The van der Waals surface area contributed by atoms with Crippen molar-refractivity contribution in [1.82, 2.24) is 15.1 Å². The molecule has 0 radical (unpaired) electrons. The smallest absolute Gasteiger partial charge is 0.229 e. The van der Waals surface area contributed by atoms with E-state index in [-0.39, 0.29) is 47.0 Å². The monoisotopic (exact) mass is 677 g/mol. The molecule has 1 N–H and O–H groups in total. The standard InChI is InChI=1S/C33H37Cl2N3O4S.ClH/c1-43(41,42)27-10-7-24(8-11-27)23-38-20-16-33(32(38)40)14-18-37(19-15-33)17-13-30(26-5-3-2-4-6-26)36-31(39)22-25-9-12-28(34)29(35)21-25;/h2-12,21,30H,13-20,22-23H2,1H3,(H,36,39);1H. The highest BCUT2D eigenvalue weighted by Gasteiger charge is 2.47. The van der Waals surface area contributed by atoms with Gasteiger partial charge in [-0.25, -0.2) is 8.42 Å². The maximum absolute atomic E-state index is 13.5. The summed E-state index contributed by atoms with van der Waals surface area (Å²) in [5, 5.41) is 4.11. The number of halogens is 3. The van der Waals surface area contributed by atoms with Crippen LogP contribution in [0.2, 0.25) is 10.0 Å². The van der Waals surface area contributed by atoms with Gasteiger partial charge in [-0.1, -0.05) is 71.7 Å². The molecule has 3 aromatic carbocycles. The fourth-order valence-electron chi connectivity index (χ4n) is 6.17. The fourth-order valence-corrected chi connectivity index (χ4v) is 7.13. The summed E-state index contributed by atoms with van der Waals surface area (Å²) in [5.41, 5.74) is 2.48. The lowest BCUT2D eigenvalue weighted by atomic mass is 9.77. The van der Waals surface area contributed by atoms with E-state index in [4.69, 9.17) is 23.2 Å². The Kier molecular flexibility index (Phi) is 11.4. The summed E-state index contributed by atoms with van der Waals surface area (Å²) in [6.45, 7) is 3.69. The number of rotatable bonds is 10. The molecule has 2 fully saturated rings. The van der Waals surface area contributed by atoms with Crippen molar-refractivity contribution in [3.63, 3.8) is 0 Å². The Balaban J connectivity index is 0.00000442. The van der Waals surface area contributed by atoms with Crippen molar-refractivity contribution in [2.24, 2.45) is 5.41 Å². The van der Waals surface area contributed by atoms with E-state index in [0.717, 1.165) is 62.0 Å². The van der Waals surface area contributed by atoms with Crippen LogP contribution in [0.5, 0.6) is 0 Å². The maximum Gasteiger partial charge on any atom is 0.229 e. The first-order chi connectivity index (χ1) is 20.5. The zero-order valence-corrected chi connectivity index (χ0v) is 27.8. The summed E-state index contributed by atoms with van der Waals surface area (Å²) in [4.78, 5) is 31.1. The van der Waals surface area contributed by atoms with Crippen molar-refractivity contribution < 1.29 is 18.0 Å². The van der Waals surface area contributed by atoms with Gasteiger partial charge >= 0.3 is 0 Å². The Morgan fingerprint density at radius 2 is 1.55 bits per heavy atom. The molecule has 0 aliphatic carbocycles. The molecule has 236 valence electrons. The van der Waals surface area contributed by atoms with Crippen LogP contribution in [0.1, 0.15) is 48.4 Å². The highest BCUT2D eigenvalue weighted by atomic mass is 35.5. The zero-order chi connectivity index (χ0) is 30.6.